The lowest BCUT2D eigenvalue weighted by molar-refractivity contribution is -0.140. The van der Waals surface area contributed by atoms with Crippen LogP contribution in [-0.4, -0.2) is 62.2 Å². The molecule has 0 aliphatic rings. The normalized spacial score (nSPS) is 13.2. The summed E-state index contributed by atoms with van der Waals surface area (Å²) in [6, 6.07) is 8.96. The quantitative estimate of drug-likeness (QED) is 0.405. The molecule has 2 aromatic rings. The van der Waals surface area contributed by atoms with E-state index < -0.39 is 34.5 Å². The number of amides is 2. The molecule has 1 N–H and O–H groups in total. The van der Waals surface area contributed by atoms with Crippen LogP contribution in [0.5, 0.6) is 0 Å². The van der Waals surface area contributed by atoms with Crippen molar-refractivity contribution in [3.63, 3.8) is 0 Å². The molecule has 37 heavy (non-hydrogen) atoms. The van der Waals surface area contributed by atoms with Crippen molar-refractivity contribution in [3.8, 4) is 0 Å². The van der Waals surface area contributed by atoms with Crippen LogP contribution in [-0.2, 0) is 26.3 Å². The number of hydrogen-bond donors (Lipinski definition) is 1. The number of carbonyl (C=O) groups excluding carboxylic acids is 2. The van der Waals surface area contributed by atoms with Crippen LogP contribution < -0.4 is 9.62 Å². The van der Waals surface area contributed by atoms with E-state index in [0.29, 0.717) is 21.3 Å². The second kappa shape index (κ2) is 13.4. The summed E-state index contributed by atoms with van der Waals surface area (Å²) < 4.78 is 42.6. The molecule has 2 atom stereocenters. The number of para-hydroxylation sites is 1. The Morgan fingerprint density at radius 1 is 1.05 bits per heavy atom. The largest absolute Gasteiger partial charge is 0.352 e. The van der Waals surface area contributed by atoms with E-state index in [0.717, 1.165) is 10.4 Å². The van der Waals surface area contributed by atoms with E-state index in [-0.39, 0.29) is 35.6 Å². The molecule has 0 aliphatic heterocycles. The Morgan fingerprint density at radius 3 is 2.24 bits per heavy atom. The highest BCUT2D eigenvalue weighted by atomic mass is 35.5. The molecule has 0 heterocycles. The Balaban J connectivity index is 2.56. The van der Waals surface area contributed by atoms with Gasteiger partial charge in [0.1, 0.15) is 18.4 Å². The van der Waals surface area contributed by atoms with Crippen molar-refractivity contribution in [2.45, 2.75) is 52.2 Å². The van der Waals surface area contributed by atoms with Crippen molar-refractivity contribution in [2.24, 2.45) is 0 Å². The first-order valence-electron chi connectivity index (χ1n) is 11.8. The van der Waals surface area contributed by atoms with Crippen molar-refractivity contribution in [1.29, 1.82) is 0 Å². The molecule has 204 valence electrons. The molecule has 12 heteroatoms. The summed E-state index contributed by atoms with van der Waals surface area (Å²) in [7, 11) is -1.70. The zero-order valence-corrected chi connectivity index (χ0v) is 23.9. The first-order chi connectivity index (χ1) is 17.3. The van der Waals surface area contributed by atoms with Gasteiger partial charge in [0, 0.05) is 36.7 Å². The van der Waals surface area contributed by atoms with E-state index in [9.17, 15) is 22.4 Å². The summed E-state index contributed by atoms with van der Waals surface area (Å²) in [6.45, 7) is 4.68. The molecule has 0 fully saturated rings. The molecule has 0 saturated carbocycles. The fourth-order valence-corrected chi connectivity index (χ4v) is 5.08. The van der Waals surface area contributed by atoms with Crippen molar-refractivity contribution in [1.82, 2.24) is 14.5 Å². The number of nitrogens with zero attached hydrogens (tertiary/aromatic N) is 3. The van der Waals surface area contributed by atoms with E-state index in [1.807, 2.05) is 13.8 Å². The van der Waals surface area contributed by atoms with Gasteiger partial charge in [0.05, 0.1) is 5.69 Å². The molecule has 0 saturated heterocycles. The minimum absolute atomic E-state index is 0.0889. The van der Waals surface area contributed by atoms with Crippen LogP contribution in [0.25, 0.3) is 0 Å². The number of anilines is 1. The van der Waals surface area contributed by atoms with Gasteiger partial charge in [-0.15, -0.1) is 0 Å². The molecule has 2 aromatic carbocycles. The van der Waals surface area contributed by atoms with Crippen molar-refractivity contribution < 1.29 is 22.4 Å². The lowest BCUT2D eigenvalue weighted by atomic mass is 10.1. The first-order valence-corrected chi connectivity index (χ1v) is 14.0. The number of rotatable bonds is 12. The summed E-state index contributed by atoms with van der Waals surface area (Å²) in [5.74, 6) is -1.90. The van der Waals surface area contributed by atoms with Crippen molar-refractivity contribution in [2.75, 3.05) is 24.9 Å². The molecular weight excluding hydrogens is 542 g/mol. The summed E-state index contributed by atoms with van der Waals surface area (Å²) in [4.78, 5) is 28.2. The van der Waals surface area contributed by atoms with Gasteiger partial charge in [-0.1, -0.05) is 55.2 Å². The van der Waals surface area contributed by atoms with Gasteiger partial charge in [0.25, 0.3) is 0 Å². The lowest BCUT2D eigenvalue weighted by Gasteiger charge is -2.34. The van der Waals surface area contributed by atoms with Gasteiger partial charge in [0.2, 0.25) is 11.8 Å². The monoisotopic (exact) mass is 574 g/mol. The molecule has 2 amide bonds. The number of hydrogen-bond acceptors (Lipinski definition) is 4. The average molecular weight is 576 g/mol. The summed E-state index contributed by atoms with van der Waals surface area (Å²) in [5.41, 5.74) is 0.230. The molecule has 2 unspecified atom stereocenters. The summed E-state index contributed by atoms with van der Waals surface area (Å²) in [5, 5.41) is 3.57. The van der Waals surface area contributed by atoms with Gasteiger partial charge in [-0.2, -0.15) is 12.7 Å². The summed E-state index contributed by atoms with van der Waals surface area (Å²) in [6.07, 6.45) is 0.931. The van der Waals surface area contributed by atoms with E-state index in [2.05, 4.69) is 5.32 Å². The van der Waals surface area contributed by atoms with E-state index in [1.54, 1.807) is 19.1 Å². The number of nitrogens with one attached hydrogen (secondary N) is 1. The van der Waals surface area contributed by atoms with E-state index in [1.165, 1.54) is 43.3 Å². The zero-order valence-electron chi connectivity index (χ0n) is 21.5. The number of carbonyl (C=O) groups is 2. The van der Waals surface area contributed by atoms with Crippen molar-refractivity contribution >= 4 is 50.9 Å². The van der Waals surface area contributed by atoms with Gasteiger partial charge >= 0.3 is 10.2 Å². The Kier molecular flexibility index (Phi) is 11.2. The Morgan fingerprint density at radius 2 is 1.70 bits per heavy atom. The SMILES string of the molecule is CCC(C)NC(=O)C(CC)N(Cc1ccc(Cl)cc1Cl)C(=O)CN(c1ccccc1F)S(=O)(=O)N(C)C. The standard InChI is InChI=1S/C25H33Cl2FN4O4S/c1-6-17(3)29-25(34)22(7-2)31(15-18-12-13-19(26)14-20(18)27)24(33)16-32(37(35,36)30(4)5)23-11-9-8-10-21(23)28/h8-14,17,22H,6-7,15-16H2,1-5H3,(H,29,34). The maximum Gasteiger partial charge on any atom is 0.304 e. The van der Waals surface area contributed by atoms with Crippen LogP contribution in [0, 0.1) is 5.82 Å². The van der Waals surface area contributed by atoms with Gasteiger partial charge in [-0.3, -0.25) is 9.59 Å². The van der Waals surface area contributed by atoms with Crippen molar-refractivity contribution in [3.05, 3.63) is 63.9 Å². The molecule has 8 nitrogen and oxygen atoms in total. The third kappa shape index (κ3) is 7.80. The highest BCUT2D eigenvalue weighted by Gasteiger charge is 2.35. The smallest absolute Gasteiger partial charge is 0.304 e. The minimum Gasteiger partial charge on any atom is -0.352 e. The van der Waals surface area contributed by atoms with Gasteiger partial charge < -0.3 is 10.2 Å². The van der Waals surface area contributed by atoms with E-state index in [4.69, 9.17) is 23.2 Å². The number of halogens is 3. The van der Waals surface area contributed by atoms with Gasteiger partial charge in [0.15, 0.2) is 0 Å². The minimum atomic E-state index is -4.27. The number of benzene rings is 2. The Bertz CT molecular complexity index is 1210. The fraction of sp³-hybridized carbons (Fsp3) is 0.440. The molecular formula is C25H33Cl2FN4O4S. The predicted molar refractivity (Wildman–Crippen MR) is 145 cm³/mol. The molecule has 0 aromatic heterocycles. The van der Waals surface area contributed by atoms with Crippen LogP contribution in [0.4, 0.5) is 10.1 Å². The molecule has 0 radical (unpaired) electrons. The fourth-order valence-electron chi connectivity index (χ4n) is 3.55. The highest BCUT2D eigenvalue weighted by molar-refractivity contribution is 7.90. The Labute approximate surface area is 228 Å². The molecule has 2 rings (SSSR count). The second-order valence-corrected chi connectivity index (χ2v) is 11.7. The van der Waals surface area contributed by atoms with Crippen LogP contribution in [0.15, 0.2) is 42.5 Å². The summed E-state index contributed by atoms with van der Waals surface area (Å²) >= 11 is 12.4. The van der Waals surface area contributed by atoms with Crippen LogP contribution in [0.3, 0.4) is 0 Å². The average Bonchev–Trinajstić information content (AvgIpc) is 2.83. The van der Waals surface area contributed by atoms with Crippen LogP contribution in [0.1, 0.15) is 39.2 Å². The maximum absolute atomic E-state index is 14.7. The maximum atomic E-state index is 14.7. The van der Waals surface area contributed by atoms with Crippen LogP contribution >= 0.6 is 23.2 Å². The third-order valence-corrected chi connectivity index (χ3v) is 8.28. The first kappa shape index (κ1) is 30.8. The second-order valence-electron chi connectivity index (χ2n) is 8.75. The molecule has 0 spiro atoms. The molecule has 0 bridgehead atoms. The van der Waals surface area contributed by atoms with Gasteiger partial charge in [-0.25, -0.2) is 8.70 Å². The van der Waals surface area contributed by atoms with Gasteiger partial charge in [-0.05, 0) is 49.6 Å². The Hall–Kier alpha value is -2.40. The lowest BCUT2D eigenvalue weighted by Crippen LogP contribution is -2.54. The molecule has 0 aliphatic carbocycles. The zero-order chi connectivity index (χ0) is 27.9. The third-order valence-electron chi connectivity index (χ3n) is 5.88. The highest BCUT2D eigenvalue weighted by Crippen LogP contribution is 2.26. The topological polar surface area (TPSA) is 90.0 Å². The van der Waals surface area contributed by atoms with Crippen LogP contribution in [0.2, 0.25) is 10.0 Å². The van der Waals surface area contributed by atoms with E-state index >= 15 is 0 Å². The predicted octanol–water partition coefficient (Wildman–Crippen LogP) is 4.47.